The van der Waals surface area contributed by atoms with Crippen molar-refractivity contribution < 1.29 is 24.2 Å². The van der Waals surface area contributed by atoms with Crippen LogP contribution in [0.5, 0.6) is 0 Å². The summed E-state index contributed by atoms with van der Waals surface area (Å²) in [7, 11) is 0. The first-order valence-corrected chi connectivity index (χ1v) is 5.74. The van der Waals surface area contributed by atoms with Crippen molar-refractivity contribution in [2.75, 3.05) is 13.2 Å². The Morgan fingerprint density at radius 2 is 1.56 bits per heavy atom. The van der Waals surface area contributed by atoms with Crippen LogP contribution in [-0.2, 0) is 19.1 Å². The molecule has 0 aliphatic heterocycles. The lowest BCUT2D eigenvalue weighted by atomic mass is 9.97. The fourth-order valence-electron chi connectivity index (χ4n) is 0.832. The summed E-state index contributed by atoms with van der Waals surface area (Å²) < 4.78 is 9.87. The molecule has 0 aliphatic carbocycles. The Morgan fingerprint density at radius 3 is 2.00 bits per heavy atom. The van der Waals surface area contributed by atoms with Gasteiger partial charge in [0.2, 0.25) is 0 Å². The van der Waals surface area contributed by atoms with Gasteiger partial charge in [-0.05, 0) is 20.8 Å². The molecule has 0 bridgehead atoms. The van der Waals surface area contributed by atoms with Crippen molar-refractivity contribution in [2.24, 2.45) is 5.41 Å². The number of hydrogen-bond donors (Lipinski definition) is 1. The number of aliphatic hydroxyl groups excluding tert-OH is 1. The van der Waals surface area contributed by atoms with Crippen LogP contribution in [0.3, 0.4) is 0 Å². The zero-order chi connectivity index (χ0) is 14.4. The van der Waals surface area contributed by atoms with Crippen molar-refractivity contribution in [1.82, 2.24) is 0 Å². The lowest BCUT2D eigenvalue weighted by Crippen LogP contribution is -2.25. The van der Waals surface area contributed by atoms with Crippen molar-refractivity contribution in [3.8, 4) is 0 Å². The third-order valence-electron chi connectivity index (χ3n) is 1.80. The minimum absolute atomic E-state index is 0.0843. The Labute approximate surface area is 108 Å². The third kappa shape index (κ3) is 8.75. The maximum absolute atomic E-state index is 11.3. The number of rotatable bonds is 5. The monoisotopic (exact) mass is 258 g/mol. The van der Waals surface area contributed by atoms with Crippen LogP contribution in [0.2, 0.25) is 0 Å². The van der Waals surface area contributed by atoms with E-state index in [1.165, 1.54) is 0 Å². The molecule has 0 rings (SSSR count). The number of hydrogen-bond acceptors (Lipinski definition) is 5. The van der Waals surface area contributed by atoms with Gasteiger partial charge in [0.05, 0.1) is 13.2 Å². The van der Waals surface area contributed by atoms with Gasteiger partial charge in [0.1, 0.15) is 5.60 Å². The molecule has 0 amide bonds. The smallest absolute Gasteiger partial charge is 0.331 e. The molecule has 0 spiro atoms. The van der Waals surface area contributed by atoms with Gasteiger partial charge in [-0.15, -0.1) is 0 Å². The fourth-order valence-corrected chi connectivity index (χ4v) is 0.832. The summed E-state index contributed by atoms with van der Waals surface area (Å²) in [5.41, 5.74) is -1.08. The molecule has 18 heavy (non-hydrogen) atoms. The summed E-state index contributed by atoms with van der Waals surface area (Å²) in [4.78, 5) is 22.5. The van der Waals surface area contributed by atoms with Crippen LogP contribution in [-0.4, -0.2) is 35.9 Å². The molecule has 0 unspecified atom stereocenters. The molecule has 104 valence electrons. The minimum Gasteiger partial charge on any atom is -0.462 e. The summed E-state index contributed by atoms with van der Waals surface area (Å²) in [6.07, 6.45) is 2.04. The Hall–Kier alpha value is -1.36. The van der Waals surface area contributed by atoms with Crippen molar-refractivity contribution >= 4 is 11.9 Å². The van der Waals surface area contributed by atoms with E-state index in [0.717, 1.165) is 12.2 Å². The molecule has 0 atom stereocenters. The summed E-state index contributed by atoms with van der Waals surface area (Å²) in [6, 6.07) is 0. The number of carbonyl (C=O) groups excluding carboxylic acids is 2. The highest BCUT2D eigenvalue weighted by Crippen LogP contribution is 2.13. The van der Waals surface area contributed by atoms with E-state index in [0.29, 0.717) is 0 Å². The van der Waals surface area contributed by atoms with Crippen molar-refractivity contribution in [2.45, 2.75) is 40.2 Å². The van der Waals surface area contributed by atoms with Crippen LogP contribution in [0.4, 0.5) is 0 Å². The van der Waals surface area contributed by atoms with Crippen LogP contribution in [0.25, 0.3) is 0 Å². The summed E-state index contributed by atoms with van der Waals surface area (Å²) in [6.45, 7) is 8.73. The average molecular weight is 258 g/mol. The van der Waals surface area contributed by atoms with Gasteiger partial charge in [0, 0.05) is 17.6 Å². The second-order valence-corrected chi connectivity index (χ2v) is 5.80. The molecule has 0 heterocycles. The van der Waals surface area contributed by atoms with Gasteiger partial charge < -0.3 is 14.6 Å². The summed E-state index contributed by atoms with van der Waals surface area (Å²) in [5.74, 6) is -1.23. The standard InChI is InChI=1S/C13H22O5/c1-12(2,3)18-11(16)7-6-10(15)17-9-13(4,5)8-14/h6-7,14H,8-9H2,1-5H3/b7-6+. The van der Waals surface area contributed by atoms with Crippen LogP contribution in [0.15, 0.2) is 12.2 Å². The SMILES string of the molecule is CC(C)(CO)COC(=O)/C=C/C(=O)OC(C)(C)C. The molecule has 0 fully saturated rings. The Balaban J connectivity index is 4.13. The first-order valence-electron chi connectivity index (χ1n) is 5.74. The molecule has 0 aliphatic rings. The van der Waals surface area contributed by atoms with Crippen LogP contribution >= 0.6 is 0 Å². The molecule has 0 aromatic rings. The third-order valence-corrected chi connectivity index (χ3v) is 1.80. The second kappa shape index (κ2) is 6.54. The number of aliphatic hydroxyl groups is 1. The quantitative estimate of drug-likeness (QED) is 0.597. The molecule has 5 heteroatoms. The molecular weight excluding hydrogens is 236 g/mol. The Bertz CT molecular complexity index is 323. The van der Waals surface area contributed by atoms with Gasteiger partial charge in [0.15, 0.2) is 0 Å². The minimum atomic E-state index is -0.637. The summed E-state index contributed by atoms with van der Waals surface area (Å²) >= 11 is 0. The van der Waals surface area contributed by atoms with Crippen LogP contribution in [0.1, 0.15) is 34.6 Å². The van der Waals surface area contributed by atoms with Gasteiger partial charge in [0.25, 0.3) is 0 Å². The number of carbonyl (C=O) groups is 2. The summed E-state index contributed by atoms with van der Waals surface area (Å²) in [5, 5.41) is 8.97. The maximum atomic E-state index is 11.3. The molecule has 0 aromatic heterocycles. The zero-order valence-electron chi connectivity index (χ0n) is 11.6. The second-order valence-electron chi connectivity index (χ2n) is 5.80. The van der Waals surface area contributed by atoms with Gasteiger partial charge >= 0.3 is 11.9 Å². The van der Waals surface area contributed by atoms with E-state index in [2.05, 4.69) is 0 Å². The van der Waals surface area contributed by atoms with E-state index in [1.54, 1.807) is 34.6 Å². The highest BCUT2D eigenvalue weighted by molar-refractivity contribution is 5.91. The predicted molar refractivity (Wildman–Crippen MR) is 66.8 cm³/mol. The predicted octanol–water partition coefficient (Wildman–Crippen LogP) is 1.45. The Kier molecular flexibility index (Phi) is 6.05. The molecule has 0 saturated carbocycles. The highest BCUT2D eigenvalue weighted by Gasteiger charge is 2.18. The van der Waals surface area contributed by atoms with E-state index in [4.69, 9.17) is 14.6 Å². The van der Waals surface area contributed by atoms with E-state index >= 15 is 0 Å². The molecule has 0 radical (unpaired) electrons. The molecule has 1 N–H and O–H groups in total. The van der Waals surface area contributed by atoms with Gasteiger partial charge in [-0.25, -0.2) is 9.59 Å². The van der Waals surface area contributed by atoms with E-state index < -0.39 is 23.0 Å². The first kappa shape index (κ1) is 16.6. The van der Waals surface area contributed by atoms with Crippen molar-refractivity contribution in [1.29, 1.82) is 0 Å². The number of esters is 2. The van der Waals surface area contributed by atoms with E-state index in [1.807, 2.05) is 0 Å². The number of ether oxygens (including phenoxy) is 2. The van der Waals surface area contributed by atoms with Crippen LogP contribution < -0.4 is 0 Å². The Morgan fingerprint density at radius 1 is 1.06 bits per heavy atom. The van der Waals surface area contributed by atoms with Gasteiger partial charge in [-0.1, -0.05) is 13.8 Å². The maximum Gasteiger partial charge on any atom is 0.331 e. The van der Waals surface area contributed by atoms with E-state index in [9.17, 15) is 9.59 Å². The fraction of sp³-hybridized carbons (Fsp3) is 0.692. The molecule has 0 aromatic carbocycles. The van der Waals surface area contributed by atoms with Gasteiger partial charge in [-0.2, -0.15) is 0 Å². The van der Waals surface area contributed by atoms with Crippen LogP contribution in [0, 0.1) is 5.41 Å². The van der Waals surface area contributed by atoms with Crippen molar-refractivity contribution in [3.63, 3.8) is 0 Å². The lowest BCUT2D eigenvalue weighted by molar-refractivity contribution is -0.149. The zero-order valence-corrected chi connectivity index (χ0v) is 11.6. The average Bonchev–Trinajstić information content (AvgIpc) is 2.21. The first-order chi connectivity index (χ1) is 8.06. The lowest BCUT2D eigenvalue weighted by Gasteiger charge is -2.20. The largest absolute Gasteiger partial charge is 0.462 e. The molecule has 5 nitrogen and oxygen atoms in total. The normalized spacial score (nSPS) is 12.6. The topological polar surface area (TPSA) is 72.8 Å². The van der Waals surface area contributed by atoms with E-state index in [-0.39, 0.29) is 13.2 Å². The molecular formula is C13H22O5. The highest BCUT2D eigenvalue weighted by atomic mass is 16.6. The molecule has 0 saturated heterocycles. The van der Waals surface area contributed by atoms with Gasteiger partial charge in [-0.3, -0.25) is 0 Å². The van der Waals surface area contributed by atoms with Crippen molar-refractivity contribution in [3.05, 3.63) is 12.2 Å².